The molecule has 0 bridgehead atoms. The molecule has 0 N–H and O–H groups in total. The molecule has 6 heteroatoms. The first-order valence-corrected chi connectivity index (χ1v) is 10.7. The van der Waals surface area contributed by atoms with E-state index in [0.717, 1.165) is 11.1 Å². The Kier molecular flexibility index (Phi) is 5.93. The number of nitrogens with zero attached hydrogens (tertiary/aromatic N) is 2. The predicted octanol–water partition coefficient (Wildman–Crippen LogP) is 4.74. The Hall–Kier alpha value is -2.94. The topological polar surface area (TPSA) is 59.4 Å². The number of hydrogen-bond donors (Lipinski definition) is 0. The highest BCUT2D eigenvalue weighted by Crippen LogP contribution is 2.17. The quantitative estimate of drug-likeness (QED) is 0.575. The van der Waals surface area contributed by atoms with Gasteiger partial charge in [0.2, 0.25) is 0 Å². The lowest BCUT2D eigenvalue weighted by Gasteiger charge is -2.04. The van der Waals surface area contributed by atoms with Crippen LogP contribution in [0.4, 0.5) is 0 Å². The van der Waals surface area contributed by atoms with Gasteiger partial charge in [-0.05, 0) is 48.9 Å². The van der Waals surface area contributed by atoms with Crippen molar-refractivity contribution in [2.24, 2.45) is 4.36 Å². The number of halogens is 1. The molecular weight excluding hydrogens is 392 g/mol. The fourth-order valence-corrected chi connectivity index (χ4v) is 3.72. The maximum absolute atomic E-state index is 12.8. The predicted molar refractivity (Wildman–Crippen MR) is 112 cm³/mol. The van der Waals surface area contributed by atoms with E-state index in [0.29, 0.717) is 15.5 Å². The molecule has 1 aromatic heterocycles. The summed E-state index contributed by atoms with van der Waals surface area (Å²) >= 11 is 5.85. The first kappa shape index (κ1) is 19.8. The minimum atomic E-state index is -2.90. The van der Waals surface area contributed by atoms with E-state index in [-0.39, 0.29) is 5.56 Å². The first-order chi connectivity index (χ1) is 13.3. The van der Waals surface area contributed by atoms with Crippen LogP contribution in [0, 0.1) is 18.8 Å². The Labute approximate surface area is 169 Å². The molecule has 0 spiro atoms. The second kappa shape index (κ2) is 8.39. The monoisotopic (exact) mass is 408 g/mol. The van der Waals surface area contributed by atoms with Crippen molar-refractivity contribution < 1.29 is 9.00 Å². The highest BCUT2D eigenvalue weighted by atomic mass is 35.5. The Bertz CT molecular complexity index is 1220. The molecule has 140 valence electrons. The normalized spacial score (nSPS) is 12.4. The third kappa shape index (κ3) is 4.86. The first-order valence-electron chi connectivity index (χ1n) is 8.40. The molecule has 0 fully saturated rings. The number of carbonyl (C=O) groups is 1. The third-order valence-corrected chi connectivity index (χ3v) is 5.89. The van der Waals surface area contributed by atoms with Crippen molar-refractivity contribution in [1.82, 2.24) is 4.98 Å². The summed E-state index contributed by atoms with van der Waals surface area (Å²) < 4.78 is 16.7. The van der Waals surface area contributed by atoms with Gasteiger partial charge in [0.25, 0.3) is 5.91 Å². The van der Waals surface area contributed by atoms with Gasteiger partial charge < -0.3 is 0 Å². The highest BCUT2D eigenvalue weighted by molar-refractivity contribution is 7.93. The van der Waals surface area contributed by atoms with E-state index in [2.05, 4.69) is 21.2 Å². The molecule has 4 nitrogen and oxygen atoms in total. The van der Waals surface area contributed by atoms with Gasteiger partial charge >= 0.3 is 0 Å². The lowest BCUT2D eigenvalue weighted by Crippen LogP contribution is -2.04. The molecule has 2 aromatic carbocycles. The zero-order valence-corrected chi connectivity index (χ0v) is 16.9. The Morgan fingerprint density at radius 2 is 1.79 bits per heavy atom. The van der Waals surface area contributed by atoms with Gasteiger partial charge in [0.15, 0.2) is 0 Å². The number of carbonyl (C=O) groups excluding carboxylic acids is 1. The summed E-state index contributed by atoms with van der Waals surface area (Å²) in [6.45, 7) is 1.98. The van der Waals surface area contributed by atoms with E-state index in [1.54, 1.807) is 36.5 Å². The van der Waals surface area contributed by atoms with Crippen LogP contribution in [-0.2, 0) is 9.73 Å². The average molecular weight is 409 g/mol. The molecule has 0 aliphatic rings. The van der Waals surface area contributed by atoms with Crippen molar-refractivity contribution in [2.75, 3.05) is 6.26 Å². The molecule has 0 aliphatic heterocycles. The number of amides is 1. The minimum Gasteiger partial charge on any atom is -0.266 e. The van der Waals surface area contributed by atoms with Gasteiger partial charge in [-0.3, -0.25) is 9.78 Å². The Morgan fingerprint density at radius 3 is 2.50 bits per heavy atom. The fourth-order valence-electron chi connectivity index (χ4n) is 2.43. The van der Waals surface area contributed by atoms with E-state index in [4.69, 9.17) is 11.6 Å². The van der Waals surface area contributed by atoms with Crippen molar-refractivity contribution in [2.45, 2.75) is 11.8 Å². The van der Waals surface area contributed by atoms with E-state index < -0.39 is 15.6 Å². The SMILES string of the molecule is Cc1ccccc1C#Cc1cncc(C(=O)N=S(C)(=O)c2ccc(Cl)cc2)c1. The van der Waals surface area contributed by atoms with Crippen molar-refractivity contribution in [3.63, 3.8) is 0 Å². The maximum atomic E-state index is 12.8. The van der Waals surface area contributed by atoms with Crippen molar-refractivity contribution in [3.8, 4) is 11.8 Å². The second-order valence-electron chi connectivity index (χ2n) is 6.18. The van der Waals surface area contributed by atoms with Crippen molar-refractivity contribution in [1.29, 1.82) is 0 Å². The van der Waals surface area contributed by atoms with Gasteiger partial charge in [-0.2, -0.15) is 4.36 Å². The van der Waals surface area contributed by atoms with Crippen molar-refractivity contribution >= 4 is 27.2 Å². The molecule has 0 aliphatic carbocycles. The van der Waals surface area contributed by atoms with Crippen LogP contribution < -0.4 is 0 Å². The molecule has 0 saturated heterocycles. The highest BCUT2D eigenvalue weighted by Gasteiger charge is 2.12. The maximum Gasteiger partial charge on any atom is 0.286 e. The van der Waals surface area contributed by atoms with Gasteiger partial charge in [0.1, 0.15) is 0 Å². The largest absolute Gasteiger partial charge is 0.286 e. The molecule has 28 heavy (non-hydrogen) atoms. The minimum absolute atomic E-state index is 0.236. The molecule has 0 saturated carbocycles. The Balaban J connectivity index is 1.90. The van der Waals surface area contributed by atoms with Gasteiger partial charge in [0, 0.05) is 39.7 Å². The lowest BCUT2D eigenvalue weighted by molar-refractivity contribution is 0.100. The van der Waals surface area contributed by atoms with E-state index in [1.807, 2.05) is 31.2 Å². The third-order valence-electron chi connectivity index (χ3n) is 3.98. The van der Waals surface area contributed by atoms with Gasteiger partial charge in [-0.1, -0.05) is 41.6 Å². The number of aromatic nitrogens is 1. The molecule has 1 atom stereocenters. The zero-order chi connectivity index (χ0) is 20.1. The van der Waals surface area contributed by atoms with E-state index >= 15 is 0 Å². The summed E-state index contributed by atoms with van der Waals surface area (Å²) in [7, 11) is -2.90. The van der Waals surface area contributed by atoms with E-state index in [1.165, 1.54) is 12.5 Å². The number of pyridine rings is 1. The van der Waals surface area contributed by atoms with Crippen LogP contribution in [0.1, 0.15) is 27.0 Å². The van der Waals surface area contributed by atoms with Gasteiger partial charge in [-0.15, -0.1) is 0 Å². The van der Waals surface area contributed by atoms with Crippen LogP contribution in [-0.4, -0.2) is 21.4 Å². The van der Waals surface area contributed by atoms with E-state index in [9.17, 15) is 9.00 Å². The van der Waals surface area contributed by atoms with Crippen LogP contribution in [0.2, 0.25) is 5.02 Å². The molecule has 1 heterocycles. The van der Waals surface area contributed by atoms with Gasteiger partial charge in [0.05, 0.1) is 15.3 Å². The second-order valence-corrected chi connectivity index (χ2v) is 8.88. The van der Waals surface area contributed by atoms with Crippen LogP contribution in [0.15, 0.2) is 76.2 Å². The number of benzene rings is 2. The zero-order valence-electron chi connectivity index (χ0n) is 15.3. The molecule has 1 unspecified atom stereocenters. The summed E-state index contributed by atoms with van der Waals surface area (Å²) in [4.78, 5) is 17.0. The average Bonchev–Trinajstić information content (AvgIpc) is 2.67. The van der Waals surface area contributed by atoms with Crippen LogP contribution in [0.5, 0.6) is 0 Å². The molecule has 3 rings (SSSR count). The Morgan fingerprint density at radius 1 is 1.07 bits per heavy atom. The summed E-state index contributed by atoms with van der Waals surface area (Å²) in [6.07, 6.45) is 4.38. The standard InChI is InChI=1S/C22H17ClN2O2S/c1-16-5-3-4-6-18(16)8-7-17-13-19(15-24-14-17)22(26)25-28(2,27)21-11-9-20(23)10-12-21/h3-6,9-15H,1-2H3. The van der Waals surface area contributed by atoms with Crippen molar-refractivity contribution in [3.05, 3.63) is 94.3 Å². The summed E-state index contributed by atoms with van der Waals surface area (Å²) in [5.74, 6) is 5.48. The van der Waals surface area contributed by atoms with Crippen LogP contribution >= 0.6 is 11.6 Å². The lowest BCUT2D eigenvalue weighted by atomic mass is 10.1. The number of hydrogen-bond acceptors (Lipinski definition) is 3. The number of rotatable bonds is 2. The summed E-state index contributed by atoms with van der Waals surface area (Å²) in [6, 6.07) is 15.8. The fraction of sp³-hybridized carbons (Fsp3) is 0.0909. The molecule has 1 amide bonds. The number of aryl methyl sites for hydroxylation is 1. The van der Waals surface area contributed by atoms with Crippen LogP contribution in [0.3, 0.4) is 0 Å². The van der Waals surface area contributed by atoms with Gasteiger partial charge in [-0.25, -0.2) is 4.21 Å². The van der Waals surface area contributed by atoms with Crippen LogP contribution in [0.25, 0.3) is 0 Å². The smallest absolute Gasteiger partial charge is 0.266 e. The molecule has 3 aromatic rings. The summed E-state index contributed by atoms with van der Waals surface area (Å²) in [5, 5.41) is 0.523. The summed E-state index contributed by atoms with van der Waals surface area (Å²) in [5.41, 5.74) is 2.79. The molecule has 0 radical (unpaired) electrons. The molecular formula is C22H17ClN2O2S.